The van der Waals surface area contributed by atoms with E-state index in [0.717, 1.165) is 10.8 Å². The molecule has 0 bridgehead atoms. The van der Waals surface area contributed by atoms with Gasteiger partial charge in [0.25, 0.3) is 0 Å². The molecule has 0 aliphatic carbocycles. The third kappa shape index (κ3) is 4.08. The summed E-state index contributed by atoms with van der Waals surface area (Å²) in [6.07, 6.45) is -4.62. The first kappa shape index (κ1) is 18.1. The minimum atomic E-state index is -4.41. The Kier molecular flexibility index (Phi) is 5.03. The SMILES string of the molecule is COc1cc2c(cc1NC(=O)CCOCC(F)(F)F)oc1ccccc12. The molecule has 0 aliphatic rings. The molecule has 2 aromatic carbocycles. The molecule has 0 unspecified atom stereocenters. The van der Waals surface area contributed by atoms with E-state index in [0.29, 0.717) is 22.6 Å². The van der Waals surface area contributed by atoms with Crippen molar-refractivity contribution >= 4 is 33.5 Å². The summed E-state index contributed by atoms with van der Waals surface area (Å²) in [5, 5.41) is 4.36. The second kappa shape index (κ2) is 7.25. The molecule has 0 fully saturated rings. The summed E-state index contributed by atoms with van der Waals surface area (Å²) in [6.45, 7) is -1.71. The van der Waals surface area contributed by atoms with Crippen LogP contribution in [-0.4, -0.2) is 32.4 Å². The van der Waals surface area contributed by atoms with E-state index in [1.807, 2.05) is 24.3 Å². The van der Waals surface area contributed by atoms with Crippen LogP contribution in [-0.2, 0) is 9.53 Å². The van der Waals surface area contributed by atoms with Gasteiger partial charge in [-0.2, -0.15) is 13.2 Å². The molecule has 1 N–H and O–H groups in total. The van der Waals surface area contributed by atoms with Crippen molar-refractivity contribution in [2.45, 2.75) is 12.6 Å². The van der Waals surface area contributed by atoms with Gasteiger partial charge in [0.2, 0.25) is 5.91 Å². The fourth-order valence-corrected chi connectivity index (χ4v) is 2.58. The average molecular weight is 367 g/mol. The summed E-state index contributed by atoms with van der Waals surface area (Å²) in [5.41, 5.74) is 1.64. The zero-order chi connectivity index (χ0) is 18.7. The molecule has 3 rings (SSSR count). The van der Waals surface area contributed by atoms with Crippen LogP contribution in [0, 0.1) is 0 Å². The first-order valence-electron chi connectivity index (χ1n) is 7.81. The zero-order valence-electron chi connectivity index (χ0n) is 13.9. The lowest BCUT2D eigenvalue weighted by Crippen LogP contribution is -2.20. The number of methoxy groups -OCH3 is 1. The van der Waals surface area contributed by atoms with Crippen molar-refractivity contribution in [2.24, 2.45) is 0 Å². The van der Waals surface area contributed by atoms with Crippen molar-refractivity contribution in [2.75, 3.05) is 25.6 Å². The molecule has 0 aliphatic heterocycles. The predicted octanol–water partition coefficient (Wildman–Crippen LogP) is 4.50. The number of hydrogen-bond acceptors (Lipinski definition) is 4. The number of alkyl halides is 3. The van der Waals surface area contributed by atoms with E-state index in [2.05, 4.69) is 10.1 Å². The number of benzene rings is 2. The van der Waals surface area contributed by atoms with Crippen LogP contribution in [0.3, 0.4) is 0 Å². The maximum atomic E-state index is 12.0. The van der Waals surface area contributed by atoms with E-state index < -0.39 is 18.7 Å². The Balaban J connectivity index is 1.74. The Morgan fingerprint density at radius 2 is 1.92 bits per heavy atom. The number of nitrogens with one attached hydrogen (secondary N) is 1. The number of para-hydroxylation sites is 1. The Morgan fingerprint density at radius 1 is 1.15 bits per heavy atom. The highest BCUT2D eigenvalue weighted by molar-refractivity contribution is 6.07. The van der Waals surface area contributed by atoms with Crippen LogP contribution in [0.4, 0.5) is 18.9 Å². The number of amides is 1. The van der Waals surface area contributed by atoms with E-state index in [-0.39, 0.29) is 13.0 Å². The summed E-state index contributed by atoms with van der Waals surface area (Å²) in [5.74, 6) is -0.0606. The van der Waals surface area contributed by atoms with Gasteiger partial charge in [0.15, 0.2) is 0 Å². The van der Waals surface area contributed by atoms with Crippen molar-refractivity contribution in [3.8, 4) is 5.75 Å². The van der Waals surface area contributed by atoms with Gasteiger partial charge in [0.05, 0.1) is 25.8 Å². The number of carbonyl (C=O) groups is 1. The molecule has 138 valence electrons. The second-order valence-electron chi connectivity index (χ2n) is 5.61. The van der Waals surface area contributed by atoms with Crippen molar-refractivity contribution in [3.05, 3.63) is 36.4 Å². The maximum Gasteiger partial charge on any atom is 0.411 e. The lowest BCUT2D eigenvalue weighted by atomic mass is 10.1. The molecule has 0 saturated carbocycles. The number of rotatable bonds is 6. The molecule has 3 aromatic rings. The maximum absolute atomic E-state index is 12.0. The highest BCUT2D eigenvalue weighted by Crippen LogP contribution is 2.36. The summed E-state index contributed by atoms with van der Waals surface area (Å²) in [7, 11) is 1.46. The Bertz CT molecular complexity index is 933. The molecule has 1 heterocycles. The van der Waals surface area contributed by atoms with E-state index in [4.69, 9.17) is 9.15 Å². The van der Waals surface area contributed by atoms with E-state index in [1.165, 1.54) is 7.11 Å². The lowest BCUT2D eigenvalue weighted by Gasteiger charge is -2.11. The average Bonchev–Trinajstić information content (AvgIpc) is 2.94. The molecule has 0 radical (unpaired) electrons. The molecule has 1 amide bonds. The number of halogens is 3. The standard InChI is InChI=1S/C18H16F3NO4/c1-24-16-8-12-11-4-2-3-5-14(11)26-15(12)9-13(16)22-17(23)6-7-25-10-18(19,20)21/h2-5,8-9H,6-7,10H2,1H3,(H,22,23). The summed E-state index contributed by atoms with van der Waals surface area (Å²) < 4.78 is 51.5. The van der Waals surface area contributed by atoms with Crippen LogP contribution in [0.2, 0.25) is 0 Å². The van der Waals surface area contributed by atoms with Crippen LogP contribution >= 0.6 is 0 Å². The van der Waals surface area contributed by atoms with Gasteiger partial charge in [-0.15, -0.1) is 0 Å². The molecule has 26 heavy (non-hydrogen) atoms. The van der Waals surface area contributed by atoms with Crippen molar-refractivity contribution < 1.29 is 31.9 Å². The number of furan rings is 1. The molecule has 1 aromatic heterocycles. The second-order valence-corrected chi connectivity index (χ2v) is 5.61. The van der Waals surface area contributed by atoms with Crippen LogP contribution in [0.5, 0.6) is 5.75 Å². The van der Waals surface area contributed by atoms with Crippen molar-refractivity contribution in [3.63, 3.8) is 0 Å². The monoisotopic (exact) mass is 367 g/mol. The topological polar surface area (TPSA) is 60.7 Å². The third-order valence-electron chi connectivity index (χ3n) is 3.71. The van der Waals surface area contributed by atoms with E-state index in [9.17, 15) is 18.0 Å². The summed E-state index contributed by atoms with van der Waals surface area (Å²) in [6, 6.07) is 10.9. The van der Waals surface area contributed by atoms with Gasteiger partial charge in [-0.25, -0.2) is 0 Å². The minimum Gasteiger partial charge on any atom is -0.495 e. The number of carbonyl (C=O) groups excluding carboxylic acids is 1. The van der Waals surface area contributed by atoms with Gasteiger partial charge in [0, 0.05) is 16.8 Å². The molecule has 8 heteroatoms. The molecule has 0 atom stereocenters. The largest absolute Gasteiger partial charge is 0.495 e. The smallest absolute Gasteiger partial charge is 0.411 e. The van der Waals surface area contributed by atoms with Crippen molar-refractivity contribution in [1.29, 1.82) is 0 Å². The number of anilines is 1. The molecule has 0 spiro atoms. The number of fused-ring (bicyclic) bond motifs is 3. The molecule has 0 saturated heterocycles. The van der Waals surface area contributed by atoms with Crippen LogP contribution < -0.4 is 10.1 Å². The third-order valence-corrected chi connectivity index (χ3v) is 3.71. The van der Waals surface area contributed by atoms with Crippen LogP contribution in [0.15, 0.2) is 40.8 Å². The Morgan fingerprint density at radius 3 is 2.65 bits per heavy atom. The van der Waals surface area contributed by atoms with Crippen molar-refractivity contribution in [1.82, 2.24) is 0 Å². The lowest BCUT2D eigenvalue weighted by molar-refractivity contribution is -0.174. The molecular weight excluding hydrogens is 351 g/mol. The number of hydrogen-bond donors (Lipinski definition) is 1. The highest BCUT2D eigenvalue weighted by Gasteiger charge is 2.27. The van der Waals surface area contributed by atoms with E-state index in [1.54, 1.807) is 12.1 Å². The summed E-state index contributed by atoms with van der Waals surface area (Å²) in [4.78, 5) is 12.0. The first-order valence-corrected chi connectivity index (χ1v) is 7.81. The van der Waals surface area contributed by atoms with Crippen LogP contribution in [0.1, 0.15) is 6.42 Å². The Hall–Kier alpha value is -2.74. The van der Waals surface area contributed by atoms with Gasteiger partial charge >= 0.3 is 6.18 Å². The van der Waals surface area contributed by atoms with E-state index >= 15 is 0 Å². The van der Waals surface area contributed by atoms with Gasteiger partial charge < -0.3 is 19.2 Å². The first-order chi connectivity index (χ1) is 12.4. The zero-order valence-corrected chi connectivity index (χ0v) is 13.9. The predicted molar refractivity (Wildman–Crippen MR) is 90.4 cm³/mol. The van der Waals surface area contributed by atoms with Gasteiger partial charge in [-0.3, -0.25) is 4.79 Å². The fourth-order valence-electron chi connectivity index (χ4n) is 2.58. The highest BCUT2D eigenvalue weighted by atomic mass is 19.4. The summed E-state index contributed by atoms with van der Waals surface area (Å²) >= 11 is 0. The van der Waals surface area contributed by atoms with Gasteiger partial charge in [-0.05, 0) is 12.1 Å². The minimum absolute atomic E-state index is 0.211. The quantitative estimate of drug-likeness (QED) is 0.652. The molecule has 5 nitrogen and oxygen atoms in total. The Labute approximate surface area is 146 Å². The van der Waals surface area contributed by atoms with Gasteiger partial charge in [-0.1, -0.05) is 18.2 Å². The van der Waals surface area contributed by atoms with Gasteiger partial charge in [0.1, 0.15) is 23.5 Å². The molecular formula is C18H16F3NO4. The fraction of sp³-hybridized carbons (Fsp3) is 0.278. The van der Waals surface area contributed by atoms with Crippen LogP contribution in [0.25, 0.3) is 21.9 Å². The normalized spacial score (nSPS) is 11.8. The number of ether oxygens (including phenoxy) is 2.